The van der Waals surface area contributed by atoms with Gasteiger partial charge in [0.25, 0.3) is 0 Å². The van der Waals surface area contributed by atoms with Crippen molar-refractivity contribution in [2.75, 3.05) is 13.2 Å². The first-order valence-electron chi connectivity index (χ1n) is 27.3. The average molecular weight is 872 g/mol. The number of amides is 1. The van der Waals surface area contributed by atoms with Crippen molar-refractivity contribution < 1.29 is 24.5 Å². The molecule has 3 N–H and O–H groups in total. The van der Waals surface area contributed by atoms with Crippen LogP contribution in [0.15, 0.2) is 36.5 Å². The molecule has 2 unspecified atom stereocenters. The van der Waals surface area contributed by atoms with Crippen molar-refractivity contribution in [2.24, 2.45) is 0 Å². The van der Waals surface area contributed by atoms with Gasteiger partial charge in [0.2, 0.25) is 5.91 Å². The summed E-state index contributed by atoms with van der Waals surface area (Å²) in [5, 5.41) is 23.3. The zero-order valence-electron chi connectivity index (χ0n) is 41.4. The minimum atomic E-state index is -0.679. The van der Waals surface area contributed by atoms with Crippen LogP contribution in [0.3, 0.4) is 0 Å². The summed E-state index contributed by atoms with van der Waals surface area (Å²) in [5.41, 5.74) is 0. The van der Waals surface area contributed by atoms with Gasteiger partial charge in [0.1, 0.15) is 0 Å². The Morgan fingerprint density at radius 2 is 0.806 bits per heavy atom. The molecule has 1 amide bonds. The maximum absolute atomic E-state index is 12.5. The van der Waals surface area contributed by atoms with E-state index < -0.39 is 12.1 Å². The number of unbranched alkanes of at least 4 members (excludes halogenated alkanes) is 34. The first-order chi connectivity index (χ1) is 30.5. The molecule has 0 aromatic rings. The highest BCUT2D eigenvalue weighted by molar-refractivity contribution is 5.76. The van der Waals surface area contributed by atoms with E-state index in [1.807, 2.05) is 0 Å². The zero-order valence-corrected chi connectivity index (χ0v) is 41.4. The lowest BCUT2D eigenvalue weighted by molar-refractivity contribution is -0.143. The SMILES string of the molecule is CCCCC/C=C\CCCCCCCC(=O)OCCCCC/C=C\C=C/CCCCCCCCC(=O)NC(CO)C(O)CCCCCCCCCCCCCCCCCCCC. The van der Waals surface area contributed by atoms with Crippen LogP contribution in [0.25, 0.3) is 0 Å². The molecular formula is C56H105NO5. The first kappa shape index (κ1) is 60.1. The lowest BCUT2D eigenvalue weighted by Gasteiger charge is -2.22. The maximum Gasteiger partial charge on any atom is 0.305 e. The number of hydrogen-bond acceptors (Lipinski definition) is 5. The number of carbonyl (C=O) groups excluding carboxylic acids is 2. The Morgan fingerprint density at radius 3 is 1.27 bits per heavy atom. The summed E-state index contributed by atoms with van der Waals surface area (Å²) in [4.78, 5) is 24.4. The monoisotopic (exact) mass is 872 g/mol. The highest BCUT2D eigenvalue weighted by Crippen LogP contribution is 2.16. The molecule has 6 nitrogen and oxygen atoms in total. The van der Waals surface area contributed by atoms with Crippen LogP contribution in [0.1, 0.15) is 284 Å². The van der Waals surface area contributed by atoms with Crippen LogP contribution in [0.5, 0.6) is 0 Å². The molecule has 0 aliphatic carbocycles. The van der Waals surface area contributed by atoms with Crippen LogP contribution in [-0.2, 0) is 14.3 Å². The molecule has 0 spiro atoms. The third-order valence-corrected chi connectivity index (χ3v) is 12.4. The van der Waals surface area contributed by atoms with Crippen LogP contribution >= 0.6 is 0 Å². The Balaban J connectivity index is 3.53. The number of esters is 1. The van der Waals surface area contributed by atoms with Crippen LogP contribution in [0, 0.1) is 0 Å². The predicted octanol–water partition coefficient (Wildman–Crippen LogP) is 16.5. The molecule has 0 fully saturated rings. The Labute approximate surface area is 385 Å². The topological polar surface area (TPSA) is 95.9 Å². The van der Waals surface area contributed by atoms with Crippen molar-refractivity contribution >= 4 is 11.9 Å². The maximum atomic E-state index is 12.5. The summed E-state index contributed by atoms with van der Waals surface area (Å²) in [6.07, 6.45) is 62.6. The van der Waals surface area contributed by atoms with E-state index in [0.29, 0.717) is 25.9 Å². The largest absolute Gasteiger partial charge is 0.466 e. The fourth-order valence-corrected chi connectivity index (χ4v) is 8.21. The van der Waals surface area contributed by atoms with Gasteiger partial charge < -0.3 is 20.3 Å². The predicted molar refractivity (Wildman–Crippen MR) is 269 cm³/mol. The number of aliphatic hydroxyl groups excluding tert-OH is 2. The van der Waals surface area contributed by atoms with Crippen LogP contribution in [0.2, 0.25) is 0 Å². The molecule has 0 aromatic carbocycles. The lowest BCUT2D eigenvalue weighted by atomic mass is 10.0. The quantitative estimate of drug-likeness (QED) is 0.0245. The molecule has 62 heavy (non-hydrogen) atoms. The molecule has 0 heterocycles. The lowest BCUT2D eigenvalue weighted by Crippen LogP contribution is -2.45. The van der Waals surface area contributed by atoms with E-state index in [4.69, 9.17) is 4.74 Å². The van der Waals surface area contributed by atoms with Crippen molar-refractivity contribution in [3.05, 3.63) is 36.5 Å². The Morgan fingerprint density at radius 1 is 0.452 bits per heavy atom. The van der Waals surface area contributed by atoms with Crippen LogP contribution < -0.4 is 5.32 Å². The number of ether oxygens (including phenoxy) is 1. The smallest absolute Gasteiger partial charge is 0.305 e. The molecule has 0 saturated heterocycles. The summed E-state index contributed by atoms with van der Waals surface area (Å²) in [5.74, 6) is -0.0887. The van der Waals surface area contributed by atoms with E-state index in [9.17, 15) is 19.8 Å². The van der Waals surface area contributed by atoms with Gasteiger partial charge in [-0.3, -0.25) is 9.59 Å². The molecule has 0 rings (SSSR count). The third kappa shape index (κ3) is 47.6. The van der Waals surface area contributed by atoms with E-state index in [1.54, 1.807) is 0 Å². The zero-order chi connectivity index (χ0) is 45.1. The van der Waals surface area contributed by atoms with E-state index in [0.717, 1.165) is 77.0 Å². The molecule has 0 aliphatic heterocycles. The number of aliphatic hydroxyl groups is 2. The molecule has 6 heteroatoms. The fraction of sp³-hybridized carbons (Fsp3) is 0.857. The Kier molecular flexibility index (Phi) is 50.1. The van der Waals surface area contributed by atoms with E-state index in [-0.39, 0.29) is 18.5 Å². The van der Waals surface area contributed by atoms with E-state index >= 15 is 0 Å². The number of rotatable bonds is 50. The van der Waals surface area contributed by atoms with Gasteiger partial charge in [-0.2, -0.15) is 0 Å². The number of allylic oxidation sites excluding steroid dienone is 6. The minimum Gasteiger partial charge on any atom is -0.466 e. The van der Waals surface area contributed by atoms with Crippen molar-refractivity contribution in [3.63, 3.8) is 0 Å². The Hall–Kier alpha value is -1.92. The van der Waals surface area contributed by atoms with E-state index in [1.165, 1.54) is 173 Å². The van der Waals surface area contributed by atoms with Gasteiger partial charge in [-0.05, 0) is 83.5 Å². The molecular weight excluding hydrogens is 767 g/mol. The standard InChI is InChI=1S/C56H105NO5/c1-3-5-7-9-11-13-15-17-18-19-20-22-25-28-32-36-40-44-48-54(59)53(52-58)57-55(60)49-45-41-37-33-29-26-23-21-24-27-31-35-39-43-47-51-62-56(61)50-46-42-38-34-30-16-14-12-10-8-6-4-2/h12,14,21,24,27,31,53-54,58-59H,3-11,13,15-20,22-23,25-26,28-30,32-52H2,1-2H3,(H,57,60)/b14-12-,24-21-,31-27-. The van der Waals surface area contributed by atoms with Crippen molar-refractivity contribution in [2.45, 2.75) is 296 Å². The van der Waals surface area contributed by atoms with Gasteiger partial charge in [-0.1, -0.05) is 224 Å². The highest BCUT2D eigenvalue weighted by atomic mass is 16.5. The molecule has 2 atom stereocenters. The van der Waals surface area contributed by atoms with Gasteiger partial charge in [-0.15, -0.1) is 0 Å². The van der Waals surface area contributed by atoms with Gasteiger partial charge in [0.15, 0.2) is 0 Å². The van der Waals surface area contributed by atoms with Crippen molar-refractivity contribution in [1.29, 1.82) is 0 Å². The second kappa shape index (κ2) is 51.7. The second-order valence-corrected chi connectivity index (χ2v) is 18.6. The molecule has 0 bridgehead atoms. The van der Waals surface area contributed by atoms with Crippen molar-refractivity contribution in [3.8, 4) is 0 Å². The molecule has 0 aliphatic rings. The van der Waals surface area contributed by atoms with Crippen LogP contribution in [-0.4, -0.2) is 47.4 Å². The summed E-state index contributed by atoms with van der Waals surface area (Å²) < 4.78 is 5.42. The van der Waals surface area contributed by atoms with Gasteiger partial charge >= 0.3 is 5.97 Å². The minimum absolute atomic E-state index is 0.0319. The molecule has 0 saturated carbocycles. The molecule has 0 aromatic heterocycles. The third-order valence-electron chi connectivity index (χ3n) is 12.4. The summed E-state index contributed by atoms with van der Waals surface area (Å²) >= 11 is 0. The summed E-state index contributed by atoms with van der Waals surface area (Å²) in [6.45, 7) is 4.87. The normalized spacial score (nSPS) is 12.9. The van der Waals surface area contributed by atoms with E-state index in [2.05, 4.69) is 55.6 Å². The highest BCUT2D eigenvalue weighted by Gasteiger charge is 2.20. The molecule has 0 radical (unpaired) electrons. The molecule has 364 valence electrons. The van der Waals surface area contributed by atoms with Gasteiger partial charge in [0, 0.05) is 12.8 Å². The first-order valence-corrected chi connectivity index (χ1v) is 27.3. The van der Waals surface area contributed by atoms with Crippen LogP contribution in [0.4, 0.5) is 0 Å². The fourth-order valence-electron chi connectivity index (χ4n) is 8.21. The summed E-state index contributed by atoms with van der Waals surface area (Å²) in [6, 6.07) is -0.559. The number of carbonyl (C=O) groups is 2. The van der Waals surface area contributed by atoms with Gasteiger partial charge in [-0.25, -0.2) is 0 Å². The Bertz CT molecular complexity index is 1010. The average Bonchev–Trinajstić information content (AvgIpc) is 3.27. The summed E-state index contributed by atoms with van der Waals surface area (Å²) in [7, 11) is 0. The van der Waals surface area contributed by atoms with Gasteiger partial charge in [0.05, 0.1) is 25.4 Å². The van der Waals surface area contributed by atoms with Crippen molar-refractivity contribution in [1.82, 2.24) is 5.32 Å². The number of nitrogens with one attached hydrogen (secondary N) is 1. The number of hydrogen-bond donors (Lipinski definition) is 3. The second-order valence-electron chi connectivity index (χ2n) is 18.6.